The average Bonchev–Trinajstić information content (AvgIpc) is 2.54. The van der Waals surface area contributed by atoms with Crippen LogP contribution in [-0.4, -0.2) is 37.0 Å². The van der Waals surface area contributed by atoms with Gasteiger partial charge in [-0.3, -0.25) is 4.79 Å². The van der Waals surface area contributed by atoms with Crippen molar-refractivity contribution >= 4 is 28.3 Å². The highest BCUT2D eigenvalue weighted by molar-refractivity contribution is 9.09. The fourth-order valence-electron chi connectivity index (χ4n) is 1.73. The van der Waals surface area contributed by atoms with E-state index in [1.54, 1.807) is 13.0 Å². The molecule has 1 N–H and O–H groups in total. The average molecular weight is 370 g/mol. The molecule has 0 heterocycles. The number of ether oxygens (including phenoxy) is 2. The molecule has 5 nitrogen and oxygen atoms in total. The van der Waals surface area contributed by atoms with Crippen molar-refractivity contribution in [1.82, 2.24) is 5.32 Å². The van der Waals surface area contributed by atoms with Crippen molar-refractivity contribution in [2.24, 2.45) is 0 Å². The van der Waals surface area contributed by atoms with Gasteiger partial charge in [0.05, 0.1) is 19.8 Å². The highest BCUT2D eigenvalue weighted by atomic mass is 79.9. The number of esters is 1. The van der Waals surface area contributed by atoms with Gasteiger partial charge >= 0.3 is 5.97 Å². The van der Waals surface area contributed by atoms with Crippen LogP contribution in [0, 0.1) is 0 Å². The zero-order valence-corrected chi connectivity index (χ0v) is 14.0. The predicted octanol–water partition coefficient (Wildman–Crippen LogP) is 2.20. The minimum atomic E-state index is -0.801. The van der Waals surface area contributed by atoms with Gasteiger partial charge in [0.15, 0.2) is 0 Å². The molecule has 1 amide bonds. The fourth-order valence-corrected chi connectivity index (χ4v) is 2.08. The molecule has 1 rings (SSSR count). The summed E-state index contributed by atoms with van der Waals surface area (Å²) in [6.07, 6.45) is 2.13. The molecule has 1 atom stereocenters. The molecule has 0 aliphatic rings. The lowest BCUT2D eigenvalue weighted by molar-refractivity contribution is -0.145. The molecular formula is C16H20BrNO4. The van der Waals surface area contributed by atoms with Gasteiger partial charge < -0.3 is 14.8 Å². The molecule has 0 aliphatic heterocycles. The van der Waals surface area contributed by atoms with Gasteiger partial charge in [-0.2, -0.15) is 0 Å². The summed E-state index contributed by atoms with van der Waals surface area (Å²) in [6, 6.07) is 9.00. The molecule has 0 saturated carbocycles. The second-order valence-corrected chi connectivity index (χ2v) is 5.01. The number of rotatable bonds is 10. The Morgan fingerprint density at radius 2 is 2.09 bits per heavy atom. The van der Waals surface area contributed by atoms with E-state index in [9.17, 15) is 9.59 Å². The monoisotopic (exact) mass is 369 g/mol. The minimum absolute atomic E-state index is 0.262. The van der Waals surface area contributed by atoms with E-state index in [1.807, 2.05) is 30.3 Å². The number of halogens is 1. The zero-order valence-electron chi connectivity index (χ0n) is 12.5. The largest absolute Gasteiger partial charge is 0.464 e. The van der Waals surface area contributed by atoms with E-state index in [2.05, 4.69) is 21.2 Å². The standard InChI is InChI=1S/C16H20BrNO4/c1-2-22-16(20)15(18-12-19)8-14(9-17)11-21-10-13-6-4-3-5-7-13/h3-8,12,15H,2,9-11H2,1H3,(H,18,19). The lowest BCUT2D eigenvalue weighted by atomic mass is 10.2. The van der Waals surface area contributed by atoms with Crippen LogP contribution in [0.4, 0.5) is 0 Å². The van der Waals surface area contributed by atoms with Crippen LogP contribution in [0.15, 0.2) is 42.0 Å². The maximum Gasteiger partial charge on any atom is 0.332 e. The SMILES string of the molecule is CCOC(=O)C(C=C(CBr)COCc1ccccc1)NC=O. The van der Waals surface area contributed by atoms with E-state index in [1.165, 1.54) is 0 Å². The van der Waals surface area contributed by atoms with Crippen LogP contribution in [0.5, 0.6) is 0 Å². The van der Waals surface area contributed by atoms with E-state index >= 15 is 0 Å². The lowest BCUT2D eigenvalue weighted by Crippen LogP contribution is -2.36. The van der Waals surface area contributed by atoms with Crippen molar-refractivity contribution in [2.45, 2.75) is 19.6 Å². The summed E-state index contributed by atoms with van der Waals surface area (Å²) in [6.45, 7) is 2.82. The topological polar surface area (TPSA) is 64.6 Å². The number of nitrogens with one attached hydrogen (secondary N) is 1. The molecule has 22 heavy (non-hydrogen) atoms. The highest BCUT2D eigenvalue weighted by Crippen LogP contribution is 2.07. The van der Waals surface area contributed by atoms with Crippen LogP contribution < -0.4 is 5.32 Å². The van der Waals surface area contributed by atoms with E-state index in [-0.39, 0.29) is 6.61 Å². The Bertz CT molecular complexity index is 490. The normalized spacial score (nSPS) is 12.5. The van der Waals surface area contributed by atoms with E-state index in [4.69, 9.17) is 9.47 Å². The summed E-state index contributed by atoms with van der Waals surface area (Å²) >= 11 is 3.35. The number of alkyl halides is 1. The molecule has 0 saturated heterocycles. The first kappa shape index (κ1) is 18.4. The van der Waals surface area contributed by atoms with Gasteiger partial charge in [-0.05, 0) is 24.1 Å². The number of carbonyl (C=O) groups is 2. The van der Waals surface area contributed by atoms with E-state index < -0.39 is 12.0 Å². The molecule has 0 aliphatic carbocycles. The summed E-state index contributed by atoms with van der Waals surface area (Å²) in [4.78, 5) is 22.3. The summed E-state index contributed by atoms with van der Waals surface area (Å²) in [7, 11) is 0. The first-order chi connectivity index (χ1) is 10.7. The summed E-state index contributed by atoms with van der Waals surface area (Å²) < 4.78 is 10.5. The third-order valence-corrected chi connectivity index (χ3v) is 3.48. The van der Waals surface area contributed by atoms with Crippen molar-refractivity contribution in [2.75, 3.05) is 18.5 Å². The molecule has 0 aromatic heterocycles. The van der Waals surface area contributed by atoms with Crippen molar-refractivity contribution < 1.29 is 19.1 Å². The molecule has 0 radical (unpaired) electrons. The third kappa shape index (κ3) is 6.87. The Balaban J connectivity index is 2.58. The number of carbonyl (C=O) groups excluding carboxylic acids is 2. The van der Waals surface area contributed by atoms with Crippen LogP contribution in [-0.2, 0) is 25.7 Å². The van der Waals surface area contributed by atoms with Crippen LogP contribution in [0.25, 0.3) is 0 Å². The highest BCUT2D eigenvalue weighted by Gasteiger charge is 2.17. The summed E-state index contributed by atoms with van der Waals surface area (Å²) in [5, 5.41) is 2.97. The number of hydrogen-bond acceptors (Lipinski definition) is 4. The Morgan fingerprint density at radius 1 is 1.36 bits per heavy atom. The maximum absolute atomic E-state index is 11.7. The Labute approximate surface area is 138 Å². The van der Waals surface area contributed by atoms with Crippen molar-refractivity contribution in [3.63, 3.8) is 0 Å². The van der Waals surface area contributed by atoms with E-state index in [0.29, 0.717) is 25.0 Å². The van der Waals surface area contributed by atoms with Gasteiger partial charge in [0.1, 0.15) is 6.04 Å². The number of benzene rings is 1. The van der Waals surface area contributed by atoms with Gasteiger partial charge in [-0.25, -0.2) is 4.79 Å². The molecule has 0 fully saturated rings. The molecule has 0 spiro atoms. The molecule has 1 aromatic rings. The smallest absolute Gasteiger partial charge is 0.332 e. The van der Waals surface area contributed by atoms with Gasteiger partial charge in [-0.15, -0.1) is 0 Å². The maximum atomic E-state index is 11.7. The second-order valence-electron chi connectivity index (χ2n) is 4.45. The molecule has 1 unspecified atom stereocenters. The molecule has 1 aromatic carbocycles. The van der Waals surface area contributed by atoms with Crippen molar-refractivity contribution in [1.29, 1.82) is 0 Å². The lowest BCUT2D eigenvalue weighted by Gasteiger charge is -2.13. The van der Waals surface area contributed by atoms with Gasteiger partial charge in [-0.1, -0.05) is 46.3 Å². The molecule has 120 valence electrons. The van der Waals surface area contributed by atoms with Crippen LogP contribution in [0.2, 0.25) is 0 Å². The van der Waals surface area contributed by atoms with E-state index in [0.717, 1.165) is 11.1 Å². The minimum Gasteiger partial charge on any atom is -0.464 e. The first-order valence-electron chi connectivity index (χ1n) is 6.94. The Hall–Kier alpha value is -1.66. The molecular weight excluding hydrogens is 350 g/mol. The van der Waals surface area contributed by atoms with Crippen molar-refractivity contribution in [3.05, 3.63) is 47.5 Å². The fraction of sp³-hybridized carbons (Fsp3) is 0.375. The summed E-state index contributed by atoms with van der Waals surface area (Å²) in [5.41, 5.74) is 1.92. The Kier molecular flexibility index (Phi) is 9.18. The summed E-state index contributed by atoms with van der Waals surface area (Å²) in [5.74, 6) is -0.490. The first-order valence-corrected chi connectivity index (χ1v) is 8.07. The van der Waals surface area contributed by atoms with Gasteiger partial charge in [0.2, 0.25) is 6.41 Å². The predicted molar refractivity (Wildman–Crippen MR) is 87.6 cm³/mol. The Morgan fingerprint density at radius 3 is 2.68 bits per heavy atom. The number of hydrogen-bond donors (Lipinski definition) is 1. The van der Waals surface area contributed by atoms with Crippen LogP contribution in [0.1, 0.15) is 12.5 Å². The zero-order chi connectivity index (χ0) is 16.2. The third-order valence-electron chi connectivity index (χ3n) is 2.76. The second kappa shape index (κ2) is 11.0. The van der Waals surface area contributed by atoms with Gasteiger partial charge in [0, 0.05) is 5.33 Å². The van der Waals surface area contributed by atoms with Crippen molar-refractivity contribution in [3.8, 4) is 0 Å². The molecule has 6 heteroatoms. The molecule has 0 bridgehead atoms. The van der Waals surface area contributed by atoms with Crippen LogP contribution in [0.3, 0.4) is 0 Å². The number of amides is 1. The quantitative estimate of drug-likeness (QED) is 0.297. The van der Waals surface area contributed by atoms with Gasteiger partial charge in [0.25, 0.3) is 0 Å². The van der Waals surface area contributed by atoms with Crippen LogP contribution >= 0.6 is 15.9 Å².